The molecule has 32 heavy (non-hydrogen) atoms. The molecule has 0 saturated carbocycles. The predicted octanol–water partition coefficient (Wildman–Crippen LogP) is 4.14. The van der Waals surface area contributed by atoms with Crippen molar-refractivity contribution in [1.29, 1.82) is 0 Å². The van der Waals surface area contributed by atoms with Crippen molar-refractivity contribution in [3.8, 4) is 0 Å². The first kappa shape index (κ1) is 22.4. The van der Waals surface area contributed by atoms with E-state index in [4.69, 9.17) is 4.98 Å². The SMILES string of the molecule is CC(C)c1cc(C(=O)Nc2ccc(CN3CCN(C)CC3)cc2)c2cnn(C(C)C)c2n1. The summed E-state index contributed by atoms with van der Waals surface area (Å²) in [7, 11) is 2.17. The van der Waals surface area contributed by atoms with E-state index >= 15 is 0 Å². The number of likely N-dealkylation sites (N-methyl/N-ethyl adjacent to an activating group) is 1. The van der Waals surface area contributed by atoms with Gasteiger partial charge in [-0.3, -0.25) is 9.69 Å². The Hall–Kier alpha value is -2.77. The van der Waals surface area contributed by atoms with Gasteiger partial charge < -0.3 is 10.2 Å². The van der Waals surface area contributed by atoms with Crippen molar-refractivity contribution in [3.63, 3.8) is 0 Å². The van der Waals surface area contributed by atoms with Gasteiger partial charge in [0.25, 0.3) is 5.91 Å². The minimum Gasteiger partial charge on any atom is -0.322 e. The summed E-state index contributed by atoms with van der Waals surface area (Å²) in [6.45, 7) is 13.7. The van der Waals surface area contributed by atoms with Crippen LogP contribution in [0.5, 0.6) is 0 Å². The topological polar surface area (TPSA) is 66.3 Å². The van der Waals surface area contributed by atoms with E-state index < -0.39 is 0 Å². The molecule has 1 N–H and O–H groups in total. The Kier molecular flexibility index (Phi) is 6.58. The lowest BCUT2D eigenvalue weighted by atomic mass is 10.0. The van der Waals surface area contributed by atoms with Crippen molar-refractivity contribution in [2.75, 3.05) is 38.5 Å². The Bertz CT molecular complexity index is 1080. The second-order valence-corrected chi connectivity index (χ2v) is 9.40. The van der Waals surface area contributed by atoms with Crippen molar-refractivity contribution in [1.82, 2.24) is 24.6 Å². The highest BCUT2D eigenvalue weighted by Gasteiger charge is 2.19. The van der Waals surface area contributed by atoms with Gasteiger partial charge >= 0.3 is 0 Å². The number of pyridine rings is 1. The van der Waals surface area contributed by atoms with Crippen LogP contribution in [0.2, 0.25) is 0 Å². The van der Waals surface area contributed by atoms with Gasteiger partial charge in [0.2, 0.25) is 0 Å². The minimum absolute atomic E-state index is 0.130. The number of hydrogen-bond acceptors (Lipinski definition) is 5. The van der Waals surface area contributed by atoms with Crippen molar-refractivity contribution >= 4 is 22.6 Å². The number of piperazine rings is 1. The zero-order valence-electron chi connectivity index (χ0n) is 19.8. The van der Waals surface area contributed by atoms with Crippen LogP contribution in [-0.4, -0.2) is 63.7 Å². The lowest BCUT2D eigenvalue weighted by Gasteiger charge is -2.32. The van der Waals surface area contributed by atoms with Gasteiger partial charge in [-0.1, -0.05) is 26.0 Å². The van der Waals surface area contributed by atoms with Crippen LogP contribution in [-0.2, 0) is 6.54 Å². The molecule has 1 saturated heterocycles. The number of rotatable bonds is 6. The third-order valence-electron chi connectivity index (χ3n) is 6.13. The molecule has 1 fully saturated rings. The van der Waals surface area contributed by atoms with E-state index in [1.54, 1.807) is 6.20 Å². The lowest BCUT2D eigenvalue weighted by Crippen LogP contribution is -2.43. The summed E-state index contributed by atoms with van der Waals surface area (Å²) in [4.78, 5) is 22.9. The molecular formula is C25H34N6O. The summed E-state index contributed by atoms with van der Waals surface area (Å²) >= 11 is 0. The van der Waals surface area contributed by atoms with Gasteiger partial charge in [0, 0.05) is 50.1 Å². The van der Waals surface area contributed by atoms with Gasteiger partial charge in [0.1, 0.15) is 0 Å². The van der Waals surface area contributed by atoms with Crippen molar-refractivity contribution in [2.45, 2.75) is 46.2 Å². The van der Waals surface area contributed by atoms with Crippen molar-refractivity contribution < 1.29 is 4.79 Å². The van der Waals surface area contributed by atoms with Gasteiger partial charge in [-0.2, -0.15) is 5.10 Å². The van der Waals surface area contributed by atoms with Crippen molar-refractivity contribution in [3.05, 3.63) is 53.3 Å². The summed E-state index contributed by atoms with van der Waals surface area (Å²) in [5.41, 5.74) is 4.34. The molecule has 1 amide bonds. The number of fused-ring (bicyclic) bond motifs is 1. The molecule has 0 bridgehead atoms. The van der Waals surface area contributed by atoms with Gasteiger partial charge in [-0.05, 0) is 50.6 Å². The molecule has 170 valence electrons. The van der Waals surface area contributed by atoms with Crippen LogP contribution in [0.25, 0.3) is 11.0 Å². The van der Waals surface area contributed by atoms with E-state index in [0.717, 1.165) is 55.1 Å². The Morgan fingerprint density at radius 2 is 1.75 bits per heavy atom. The largest absolute Gasteiger partial charge is 0.322 e. The number of carbonyl (C=O) groups excluding carboxylic acids is 1. The maximum absolute atomic E-state index is 13.2. The minimum atomic E-state index is -0.130. The highest BCUT2D eigenvalue weighted by atomic mass is 16.1. The number of carbonyl (C=O) groups is 1. The number of nitrogens with one attached hydrogen (secondary N) is 1. The molecule has 1 aliphatic heterocycles. The predicted molar refractivity (Wildman–Crippen MR) is 129 cm³/mol. The number of aromatic nitrogens is 3. The number of hydrogen-bond donors (Lipinski definition) is 1. The molecular weight excluding hydrogens is 400 g/mol. The van der Waals surface area contributed by atoms with E-state index in [-0.39, 0.29) is 17.9 Å². The molecule has 3 aromatic rings. The first-order valence-electron chi connectivity index (χ1n) is 11.5. The first-order valence-corrected chi connectivity index (χ1v) is 11.5. The van der Waals surface area contributed by atoms with Gasteiger partial charge in [-0.15, -0.1) is 0 Å². The van der Waals surface area contributed by atoms with Crippen LogP contribution >= 0.6 is 0 Å². The number of anilines is 1. The summed E-state index contributed by atoms with van der Waals surface area (Å²) in [6, 6.07) is 10.3. The van der Waals surface area contributed by atoms with E-state index in [1.165, 1.54) is 5.56 Å². The maximum atomic E-state index is 13.2. The molecule has 0 spiro atoms. The van der Waals surface area contributed by atoms with Gasteiger partial charge in [0.05, 0.1) is 17.1 Å². The van der Waals surface area contributed by atoms with Crippen LogP contribution < -0.4 is 5.32 Å². The molecule has 7 heteroatoms. The standard InChI is InChI=1S/C25H34N6O/c1-17(2)23-14-21(22-15-26-31(18(3)4)24(22)28-23)25(32)27-20-8-6-19(7-9-20)16-30-12-10-29(5)11-13-30/h6-9,14-15,17-18H,10-13,16H2,1-5H3,(H,27,32). The summed E-state index contributed by atoms with van der Waals surface area (Å²) in [6.07, 6.45) is 1.75. The number of nitrogens with zero attached hydrogens (tertiary/aromatic N) is 5. The van der Waals surface area contributed by atoms with Crippen LogP contribution in [0.3, 0.4) is 0 Å². The highest BCUT2D eigenvalue weighted by Crippen LogP contribution is 2.25. The Balaban J connectivity index is 1.52. The van der Waals surface area contributed by atoms with Gasteiger partial charge in [0.15, 0.2) is 5.65 Å². The summed E-state index contributed by atoms with van der Waals surface area (Å²) in [5.74, 6) is 0.0877. The second kappa shape index (κ2) is 9.38. The van der Waals surface area contributed by atoms with E-state index in [1.807, 2.05) is 22.9 Å². The van der Waals surface area contributed by atoms with E-state index in [9.17, 15) is 4.79 Å². The molecule has 7 nitrogen and oxygen atoms in total. The summed E-state index contributed by atoms with van der Waals surface area (Å²) < 4.78 is 1.88. The fourth-order valence-corrected chi connectivity index (χ4v) is 4.06. The molecule has 2 aromatic heterocycles. The van der Waals surface area contributed by atoms with Crippen LogP contribution in [0.15, 0.2) is 36.5 Å². The van der Waals surface area contributed by atoms with Gasteiger partial charge in [-0.25, -0.2) is 9.67 Å². The molecule has 0 unspecified atom stereocenters. The van der Waals surface area contributed by atoms with Crippen LogP contribution in [0.1, 0.15) is 61.3 Å². The molecule has 0 radical (unpaired) electrons. The second-order valence-electron chi connectivity index (χ2n) is 9.40. The zero-order valence-corrected chi connectivity index (χ0v) is 19.8. The van der Waals surface area contributed by atoms with Crippen LogP contribution in [0.4, 0.5) is 5.69 Å². The molecule has 0 aliphatic carbocycles. The fraction of sp³-hybridized carbons (Fsp3) is 0.480. The van der Waals surface area contributed by atoms with Crippen molar-refractivity contribution in [2.24, 2.45) is 0 Å². The zero-order chi connectivity index (χ0) is 22.8. The monoisotopic (exact) mass is 434 g/mol. The fourth-order valence-electron chi connectivity index (χ4n) is 4.06. The lowest BCUT2D eigenvalue weighted by molar-refractivity contribution is 0.102. The van der Waals surface area contributed by atoms with E-state index in [2.05, 4.69) is 67.1 Å². The molecule has 0 atom stereocenters. The molecule has 1 aliphatic rings. The van der Waals surface area contributed by atoms with Crippen LogP contribution in [0, 0.1) is 0 Å². The molecule has 1 aromatic carbocycles. The molecule has 3 heterocycles. The summed E-state index contributed by atoms with van der Waals surface area (Å²) in [5, 5.41) is 8.34. The third kappa shape index (κ3) is 4.84. The quantitative estimate of drug-likeness (QED) is 0.632. The smallest absolute Gasteiger partial charge is 0.256 e. The normalized spacial score (nSPS) is 15.7. The maximum Gasteiger partial charge on any atom is 0.256 e. The Labute approximate surface area is 190 Å². The highest BCUT2D eigenvalue weighted by molar-refractivity contribution is 6.12. The number of benzene rings is 1. The average molecular weight is 435 g/mol. The third-order valence-corrected chi connectivity index (χ3v) is 6.13. The Morgan fingerprint density at radius 1 is 1.06 bits per heavy atom. The Morgan fingerprint density at radius 3 is 2.38 bits per heavy atom. The molecule has 4 rings (SSSR count). The average Bonchev–Trinajstić information content (AvgIpc) is 3.20. The van der Waals surface area contributed by atoms with E-state index in [0.29, 0.717) is 5.56 Å². The first-order chi connectivity index (χ1) is 15.3. The number of amides is 1.